The molecule has 0 bridgehead atoms. The lowest BCUT2D eigenvalue weighted by Crippen LogP contribution is -2.10. The van der Waals surface area contributed by atoms with Crippen molar-refractivity contribution in [2.24, 2.45) is 0 Å². The first-order valence-electron chi connectivity index (χ1n) is 6.60. The molecule has 0 atom stereocenters. The minimum Gasteiger partial charge on any atom is -0.377 e. The monoisotopic (exact) mass is 255 g/mol. The fourth-order valence-electron chi connectivity index (χ4n) is 2.23. The molecule has 1 aromatic carbocycles. The van der Waals surface area contributed by atoms with Gasteiger partial charge in [-0.15, -0.1) is 5.10 Å². The summed E-state index contributed by atoms with van der Waals surface area (Å²) in [6, 6.07) is 8.17. The van der Waals surface area contributed by atoms with Crippen molar-refractivity contribution in [3.8, 4) is 5.69 Å². The molecule has 2 aromatic rings. The summed E-state index contributed by atoms with van der Waals surface area (Å²) in [5.41, 5.74) is 2.21. The lowest BCUT2D eigenvalue weighted by molar-refractivity contribution is 0.470. The summed E-state index contributed by atoms with van der Waals surface area (Å²) in [6.07, 6.45) is 6.61. The summed E-state index contributed by atoms with van der Waals surface area (Å²) in [6.45, 7) is 4.32. The first-order chi connectivity index (χ1) is 9.33. The van der Waals surface area contributed by atoms with Gasteiger partial charge in [-0.05, 0) is 42.3 Å². The molecule has 1 aliphatic heterocycles. The molecule has 0 amide bonds. The van der Waals surface area contributed by atoms with Gasteiger partial charge in [0.05, 0.1) is 5.69 Å². The van der Waals surface area contributed by atoms with Crippen LogP contribution in [0.1, 0.15) is 24.2 Å². The van der Waals surface area contributed by atoms with Gasteiger partial charge in [-0.25, -0.2) is 0 Å². The Kier molecular flexibility index (Phi) is 3.27. The highest BCUT2D eigenvalue weighted by Crippen LogP contribution is 2.12. The zero-order chi connectivity index (χ0) is 13.1. The molecule has 2 heterocycles. The fourth-order valence-corrected chi connectivity index (χ4v) is 2.23. The number of aryl methyl sites for hydroxylation is 1. The van der Waals surface area contributed by atoms with E-state index in [1.54, 1.807) is 4.68 Å². The molecule has 0 aliphatic carbocycles. The van der Waals surface area contributed by atoms with Crippen LogP contribution in [-0.2, 0) is 0 Å². The summed E-state index contributed by atoms with van der Waals surface area (Å²) in [5, 5.41) is 11.9. The van der Waals surface area contributed by atoms with Crippen LogP contribution in [0.25, 0.3) is 11.8 Å². The van der Waals surface area contributed by atoms with Gasteiger partial charge in [0.25, 0.3) is 0 Å². The van der Waals surface area contributed by atoms with Gasteiger partial charge in [-0.3, -0.25) is 0 Å². The van der Waals surface area contributed by atoms with E-state index in [0.29, 0.717) is 0 Å². The van der Waals surface area contributed by atoms with Crippen molar-refractivity contribution in [3.05, 3.63) is 41.9 Å². The van der Waals surface area contributed by atoms with Crippen LogP contribution in [-0.4, -0.2) is 38.2 Å². The second-order valence-electron chi connectivity index (χ2n) is 4.84. The lowest BCUT2D eigenvalue weighted by atomic mass is 10.2. The number of aromatic nitrogens is 4. The zero-order valence-electron chi connectivity index (χ0n) is 11.0. The normalized spacial score (nSPS) is 15.5. The highest BCUT2D eigenvalue weighted by Gasteiger charge is 2.08. The van der Waals surface area contributed by atoms with Crippen LogP contribution in [0.2, 0.25) is 0 Å². The summed E-state index contributed by atoms with van der Waals surface area (Å²) < 4.78 is 1.76. The second-order valence-corrected chi connectivity index (χ2v) is 4.84. The van der Waals surface area contributed by atoms with Crippen LogP contribution in [0.5, 0.6) is 0 Å². The van der Waals surface area contributed by atoms with Crippen molar-refractivity contribution in [1.29, 1.82) is 0 Å². The molecule has 98 valence electrons. The predicted molar refractivity (Wildman–Crippen MR) is 73.7 cm³/mol. The Morgan fingerprint density at radius 3 is 2.58 bits per heavy atom. The maximum absolute atomic E-state index is 4.06. The molecular weight excluding hydrogens is 238 g/mol. The predicted octanol–water partition coefficient (Wildman–Crippen LogP) is 2.04. The van der Waals surface area contributed by atoms with E-state index in [1.165, 1.54) is 18.4 Å². The SMILES string of the molecule is Cc1ccc(-n2nnnc2/C=C\N2CCCC2)cc1. The van der Waals surface area contributed by atoms with Gasteiger partial charge in [0.15, 0.2) is 5.82 Å². The molecule has 1 aliphatic rings. The van der Waals surface area contributed by atoms with E-state index in [4.69, 9.17) is 0 Å². The molecular formula is C14H17N5. The van der Waals surface area contributed by atoms with E-state index in [-0.39, 0.29) is 0 Å². The van der Waals surface area contributed by atoms with Crippen LogP contribution >= 0.6 is 0 Å². The van der Waals surface area contributed by atoms with Gasteiger partial charge >= 0.3 is 0 Å². The van der Waals surface area contributed by atoms with Crippen LogP contribution in [0.15, 0.2) is 30.5 Å². The lowest BCUT2D eigenvalue weighted by Gasteiger charge is -2.09. The van der Waals surface area contributed by atoms with Crippen molar-refractivity contribution >= 4 is 6.08 Å². The number of nitrogens with zero attached hydrogens (tertiary/aromatic N) is 5. The fraction of sp³-hybridized carbons (Fsp3) is 0.357. The third-order valence-electron chi connectivity index (χ3n) is 3.35. The maximum atomic E-state index is 4.06. The Bertz CT molecular complexity index is 564. The summed E-state index contributed by atoms with van der Waals surface area (Å²) >= 11 is 0. The topological polar surface area (TPSA) is 46.8 Å². The molecule has 5 heteroatoms. The number of rotatable bonds is 3. The average molecular weight is 255 g/mol. The van der Waals surface area contributed by atoms with Crippen molar-refractivity contribution in [2.75, 3.05) is 13.1 Å². The van der Waals surface area contributed by atoms with Gasteiger partial charge in [-0.1, -0.05) is 17.7 Å². The van der Waals surface area contributed by atoms with Crippen molar-refractivity contribution < 1.29 is 0 Å². The molecule has 5 nitrogen and oxygen atoms in total. The van der Waals surface area contributed by atoms with E-state index < -0.39 is 0 Å². The Morgan fingerprint density at radius 2 is 1.84 bits per heavy atom. The molecule has 1 fully saturated rings. The van der Waals surface area contributed by atoms with E-state index in [2.05, 4.69) is 45.7 Å². The van der Waals surface area contributed by atoms with Crippen LogP contribution in [0.4, 0.5) is 0 Å². The van der Waals surface area contributed by atoms with Gasteiger partial charge in [0.1, 0.15) is 0 Å². The number of hydrogen-bond acceptors (Lipinski definition) is 4. The van der Waals surface area contributed by atoms with Crippen LogP contribution in [0, 0.1) is 6.92 Å². The molecule has 3 rings (SSSR count). The number of likely N-dealkylation sites (tertiary alicyclic amines) is 1. The van der Waals surface area contributed by atoms with Gasteiger partial charge in [0.2, 0.25) is 0 Å². The molecule has 19 heavy (non-hydrogen) atoms. The number of benzene rings is 1. The van der Waals surface area contributed by atoms with Crippen molar-refractivity contribution in [3.63, 3.8) is 0 Å². The zero-order valence-corrected chi connectivity index (χ0v) is 11.0. The standard InChI is InChI=1S/C14H17N5/c1-12-4-6-13(7-5-12)19-14(15-16-17-19)8-11-18-9-2-3-10-18/h4-8,11H,2-3,9-10H2,1H3/b11-8-. The molecule has 1 saturated heterocycles. The second kappa shape index (κ2) is 5.22. The Morgan fingerprint density at radius 1 is 1.11 bits per heavy atom. The quantitative estimate of drug-likeness (QED) is 0.842. The Labute approximate surface area is 112 Å². The minimum absolute atomic E-state index is 0.760. The molecule has 0 saturated carbocycles. The van der Waals surface area contributed by atoms with Gasteiger partial charge in [-0.2, -0.15) is 4.68 Å². The van der Waals surface area contributed by atoms with Crippen LogP contribution < -0.4 is 0 Å². The smallest absolute Gasteiger partial charge is 0.181 e. The molecule has 0 N–H and O–H groups in total. The van der Waals surface area contributed by atoms with E-state index in [0.717, 1.165) is 24.6 Å². The van der Waals surface area contributed by atoms with Gasteiger partial charge in [0, 0.05) is 25.4 Å². The number of tetrazole rings is 1. The minimum atomic E-state index is 0.760. The first-order valence-corrected chi connectivity index (χ1v) is 6.60. The van der Waals surface area contributed by atoms with Gasteiger partial charge < -0.3 is 4.90 Å². The molecule has 1 aromatic heterocycles. The van der Waals surface area contributed by atoms with E-state index in [1.807, 2.05) is 18.2 Å². The largest absolute Gasteiger partial charge is 0.377 e. The van der Waals surface area contributed by atoms with Crippen molar-refractivity contribution in [2.45, 2.75) is 19.8 Å². The van der Waals surface area contributed by atoms with E-state index >= 15 is 0 Å². The third kappa shape index (κ3) is 2.65. The van der Waals surface area contributed by atoms with E-state index in [9.17, 15) is 0 Å². The Balaban J connectivity index is 1.83. The number of hydrogen-bond donors (Lipinski definition) is 0. The highest BCUT2D eigenvalue weighted by atomic mass is 15.5. The molecule has 0 radical (unpaired) electrons. The maximum Gasteiger partial charge on any atom is 0.181 e. The summed E-state index contributed by atoms with van der Waals surface area (Å²) in [7, 11) is 0. The highest BCUT2D eigenvalue weighted by molar-refractivity contribution is 5.44. The average Bonchev–Trinajstić information content (AvgIpc) is 3.08. The molecule has 0 spiro atoms. The van der Waals surface area contributed by atoms with Crippen molar-refractivity contribution in [1.82, 2.24) is 25.1 Å². The first kappa shape index (κ1) is 11.9. The third-order valence-corrected chi connectivity index (χ3v) is 3.35. The van der Waals surface area contributed by atoms with Crippen LogP contribution in [0.3, 0.4) is 0 Å². The summed E-state index contributed by atoms with van der Waals surface area (Å²) in [4.78, 5) is 2.30. The summed E-state index contributed by atoms with van der Waals surface area (Å²) in [5.74, 6) is 0.760. The Hall–Kier alpha value is -2.17. The molecule has 0 unspecified atom stereocenters.